The normalized spacial score (nSPS) is 10.0. The number of nitrogen functional groups attached to an aromatic ring is 1. The highest BCUT2D eigenvalue weighted by Crippen LogP contribution is 2.32. The third kappa shape index (κ3) is 2.33. The Hall–Kier alpha value is -2.61. The molecule has 2 rings (SSSR count). The van der Waals surface area contributed by atoms with Crippen LogP contribution in [0.3, 0.4) is 0 Å². The van der Waals surface area contributed by atoms with Crippen LogP contribution >= 0.6 is 0 Å². The molecular formula is C14H14N4O. The molecule has 0 radical (unpaired) electrons. The van der Waals surface area contributed by atoms with Crippen LogP contribution < -0.4 is 10.5 Å². The minimum absolute atomic E-state index is 0.175. The van der Waals surface area contributed by atoms with Gasteiger partial charge in [-0.2, -0.15) is 5.26 Å². The summed E-state index contributed by atoms with van der Waals surface area (Å²) >= 11 is 0. The van der Waals surface area contributed by atoms with Crippen molar-refractivity contribution in [1.82, 2.24) is 9.97 Å². The molecule has 0 bridgehead atoms. The minimum Gasteiger partial charge on any atom is -0.496 e. The second-order valence-corrected chi connectivity index (χ2v) is 4.26. The van der Waals surface area contributed by atoms with Crippen molar-refractivity contribution in [1.29, 1.82) is 5.26 Å². The molecule has 2 aromatic rings. The topological polar surface area (TPSA) is 84.8 Å². The number of aryl methyl sites for hydroxylation is 2. The molecule has 1 aromatic heterocycles. The number of rotatable bonds is 2. The molecule has 5 nitrogen and oxygen atoms in total. The van der Waals surface area contributed by atoms with Crippen LogP contribution in [0.1, 0.15) is 16.7 Å². The first-order valence-corrected chi connectivity index (χ1v) is 5.75. The molecule has 0 saturated carbocycles. The van der Waals surface area contributed by atoms with E-state index in [4.69, 9.17) is 15.7 Å². The fourth-order valence-electron chi connectivity index (χ4n) is 1.98. The predicted molar refractivity (Wildman–Crippen MR) is 72.6 cm³/mol. The van der Waals surface area contributed by atoms with Crippen LogP contribution in [-0.2, 0) is 0 Å². The van der Waals surface area contributed by atoms with Crippen molar-refractivity contribution in [3.05, 3.63) is 35.0 Å². The molecule has 0 amide bonds. The number of methoxy groups -OCH3 is 1. The van der Waals surface area contributed by atoms with E-state index in [0.29, 0.717) is 11.6 Å². The average Bonchev–Trinajstić information content (AvgIpc) is 2.37. The standard InChI is InChI=1S/C14H14N4O/c1-8-4-9(2)12(11(5-8)19-3)14-17-7-10(6-15)13(16)18-14/h4-5,7H,1-3H3,(H2,16,17,18). The van der Waals surface area contributed by atoms with Gasteiger partial charge >= 0.3 is 0 Å². The summed E-state index contributed by atoms with van der Waals surface area (Å²) in [5, 5.41) is 8.84. The van der Waals surface area contributed by atoms with E-state index in [0.717, 1.165) is 16.7 Å². The Labute approximate surface area is 111 Å². The van der Waals surface area contributed by atoms with Gasteiger partial charge in [0.25, 0.3) is 0 Å². The van der Waals surface area contributed by atoms with Crippen LogP contribution in [0.2, 0.25) is 0 Å². The molecule has 0 saturated heterocycles. The van der Waals surface area contributed by atoms with E-state index in [2.05, 4.69) is 9.97 Å². The van der Waals surface area contributed by atoms with E-state index < -0.39 is 0 Å². The van der Waals surface area contributed by atoms with E-state index in [9.17, 15) is 0 Å². The summed E-state index contributed by atoms with van der Waals surface area (Å²) in [5.41, 5.74) is 8.89. The van der Waals surface area contributed by atoms with Crippen LogP contribution in [0.5, 0.6) is 5.75 Å². The molecule has 96 valence electrons. The SMILES string of the molecule is COc1cc(C)cc(C)c1-c1ncc(C#N)c(N)n1. The number of hydrogen-bond acceptors (Lipinski definition) is 5. The van der Waals surface area contributed by atoms with Gasteiger partial charge in [0.2, 0.25) is 0 Å². The van der Waals surface area contributed by atoms with Crippen LogP contribution in [0, 0.1) is 25.2 Å². The van der Waals surface area contributed by atoms with E-state index in [1.807, 2.05) is 32.0 Å². The number of nitriles is 1. The summed E-state index contributed by atoms with van der Waals surface area (Å²) in [5.74, 6) is 1.34. The van der Waals surface area contributed by atoms with Crippen LogP contribution in [0.15, 0.2) is 18.3 Å². The Morgan fingerprint density at radius 3 is 2.63 bits per heavy atom. The zero-order valence-corrected chi connectivity index (χ0v) is 11.1. The molecule has 1 aromatic carbocycles. The van der Waals surface area contributed by atoms with Gasteiger partial charge in [-0.3, -0.25) is 0 Å². The molecule has 0 aliphatic rings. The smallest absolute Gasteiger partial charge is 0.165 e. The van der Waals surface area contributed by atoms with Crippen LogP contribution in [0.25, 0.3) is 11.4 Å². The maximum atomic E-state index is 8.84. The number of aromatic nitrogens is 2. The molecule has 0 unspecified atom stereocenters. The minimum atomic E-state index is 0.175. The van der Waals surface area contributed by atoms with Crippen molar-refractivity contribution < 1.29 is 4.74 Å². The van der Waals surface area contributed by atoms with Crippen molar-refractivity contribution in [3.8, 4) is 23.2 Å². The lowest BCUT2D eigenvalue weighted by molar-refractivity contribution is 0.415. The molecule has 1 heterocycles. The lowest BCUT2D eigenvalue weighted by atomic mass is 10.0. The molecular weight excluding hydrogens is 240 g/mol. The molecule has 0 atom stereocenters. The summed E-state index contributed by atoms with van der Waals surface area (Å²) in [6, 6.07) is 5.89. The van der Waals surface area contributed by atoms with E-state index >= 15 is 0 Å². The summed E-state index contributed by atoms with van der Waals surface area (Å²) in [6.45, 7) is 3.95. The fourth-order valence-corrected chi connectivity index (χ4v) is 1.98. The monoisotopic (exact) mass is 254 g/mol. The second kappa shape index (κ2) is 4.94. The second-order valence-electron chi connectivity index (χ2n) is 4.26. The zero-order chi connectivity index (χ0) is 14.0. The molecule has 0 aliphatic carbocycles. The third-order valence-corrected chi connectivity index (χ3v) is 2.83. The van der Waals surface area contributed by atoms with Gasteiger partial charge < -0.3 is 10.5 Å². The van der Waals surface area contributed by atoms with E-state index in [-0.39, 0.29) is 11.4 Å². The summed E-state index contributed by atoms with van der Waals surface area (Å²) in [7, 11) is 1.60. The summed E-state index contributed by atoms with van der Waals surface area (Å²) in [6.07, 6.45) is 1.43. The number of nitrogens with two attached hydrogens (primary N) is 1. The van der Waals surface area contributed by atoms with Crippen molar-refractivity contribution >= 4 is 5.82 Å². The molecule has 0 fully saturated rings. The average molecular weight is 254 g/mol. The Bertz CT molecular complexity index is 674. The molecule has 0 spiro atoms. The zero-order valence-electron chi connectivity index (χ0n) is 11.1. The van der Waals surface area contributed by atoms with E-state index in [1.54, 1.807) is 7.11 Å². The van der Waals surface area contributed by atoms with Gasteiger partial charge in [0.1, 0.15) is 23.2 Å². The van der Waals surface area contributed by atoms with Gasteiger partial charge in [-0.15, -0.1) is 0 Å². The molecule has 0 aliphatic heterocycles. The lowest BCUT2D eigenvalue weighted by Gasteiger charge is -2.12. The van der Waals surface area contributed by atoms with Crippen LogP contribution in [0.4, 0.5) is 5.82 Å². The van der Waals surface area contributed by atoms with Gasteiger partial charge in [-0.25, -0.2) is 9.97 Å². The van der Waals surface area contributed by atoms with Crippen molar-refractivity contribution in [2.75, 3.05) is 12.8 Å². The van der Waals surface area contributed by atoms with Gasteiger partial charge in [-0.1, -0.05) is 6.07 Å². The number of ether oxygens (including phenoxy) is 1. The first-order valence-electron chi connectivity index (χ1n) is 5.75. The largest absolute Gasteiger partial charge is 0.496 e. The first kappa shape index (κ1) is 12.8. The van der Waals surface area contributed by atoms with Gasteiger partial charge in [0.05, 0.1) is 18.9 Å². The number of hydrogen-bond donors (Lipinski definition) is 1. The number of benzene rings is 1. The summed E-state index contributed by atoms with van der Waals surface area (Å²) < 4.78 is 5.37. The van der Waals surface area contributed by atoms with Crippen molar-refractivity contribution in [2.24, 2.45) is 0 Å². The predicted octanol–water partition coefficient (Wildman–Crippen LogP) is 2.22. The van der Waals surface area contributed by atoms with E-state index in [1.165, 1.54) is 6.20 Å². The maximum Gasteiger partial charge on any atom is 0.165 e. The molecule has 5 heteroatoms. The third-order valence-electron chi connectivity index (χ3n) is 2.83. The quantitative estimate of drug-likeness (QED) is 0.888. The molecule has 2 N–H and O–H groups in total. The first-order chi connectivity index (χ1) is 9.06. The highest BCUT2D eigenvalue weighted by Gasteiger charge is 2.14. The molecule has 19 heavy (non-hydrogen) atoms. The van der Waals surface area contributed by atoms with Crippen molar-refractivity contribution in [3.63, 3.8) is 0 Å². The maximum absolute atomic E-state index is 8.84. The Morgan fingerprint density at radius 2 is 2.05 bits per heavy atom. The Balaban J connectivity index is 2.65. The lowest BCUT2D eigenvalue weighted by Crippen LogP contribution is -2.01. The van der Waals surface area contributed by atoms with Gasteiger partial charge in [-0.05, 0) is 31.0 Å². The fraction of sp³-hybridized carbons (Fsp3) is 0.214. The van der Waals surface area contributed by atoms with Gasteiger partial charge in [0.15, 0.2) is 5.82 Å². The van der Waals surface area contributed by atoms with Crippen molar-refractivity contribution in [2.45, 2.75) is 13.8 Å². The summed E-state index contributed by atoms with van der Waals surface area (Å²) in [4.78, 5) is 8.36. The Morgan fingerprint density at radius 1 is 1.32 bits per heavy atom. The Kier molecular flexibility index (Phi) is 3.34. The number of nitrogens with zero attached hydrogens (tertiary/aromatic N) is 3. The number of anilines is 1. The van der Waals surface area contributed by atoms with Gasteiger partial charge in [0, 0.05) is 0 Å². The van der Waals surface area contributed by atoms with Crippen LogP contribution in [-0.4, -0.2) is 17.1 Å². The highest BCUT2D eigenvalue weighted by atomic mass is 16.5. The highest BCUT2D eigenvalue weighted by molar-refractivity contribution is 5.70.